The van der Waals surface area contributed by atoms with Crippen LogP contribution < -0.4 is 5.32 Å². The van der Waals surface area contributed by atoms with Crippen LogP contribution in [-0.2, 0) is 4.74 Å². The van der Waals surface area contributed by atoms with Crippen molar-refractivity contribution >= 4 is 6.03 Å². The molecule has 0 saturated carbocycles. The first-order valence-corrected chi connectivity index (χ1v) is 7.58. The highest BCUT2D eigenvalue weighted by molar-refractivity contribution is 5.74. The Bertz CT molecular complexity index is 329. The van der Waals surface area contributed by atoms with E-state index < -0.39 is 0 Å². The van der Waals surface area contributed by atoms with Crippen LogP contribution in [0.4, 0.5) is 4.79 Å². The zero-order valence-corrected chi connectivity index (χ0v) is 13.5. The van der Waals surface area contributed by atoms with E-state index in [0.717, 1.165) is 19.3 Å². The highest BCUT2D eigenvalue weighted by Gasteiger charge is 2.46. The summed E-state index contributed by atoms with van der Waals surface area (Å²) >= 11 is 0. The molecule has 1 unspecified atom stereocenters. The maximum absolute atomic E-state index is 12.3. The largest absolute Gasteiger partial charge is 0.395 e. The summed E-state index contributed by atoms with van der Waals surface area (Å²) in [4.78, 5) is 14.0. The van der Waals surface area contributed by atoms with Crippen LogP contribution in [0.3, 0.4) is 0 Å². The van der Waals surface area contributed by atoms with Gasteiger partial charge in [0.25, 0.3) is 0 Å². The lowest BCUT2D eigenvalue weighted by Crippen LogP contribution is -2.51. The van der Waals surface area contributed by atoms with Gasteiger partial charge in [-0.25, -0.2) is 4.79 Å². The molecule has 20 heavy (non-hydrogen) atoms. The van der Waals surface area contributed by atoms with Crippen molar-refractivity contribution in [2.75, 3.05) is 19.7 Å². The average molecular weight is 286 g/mol. The normalized spacial score (nSPS) is 23.6. The van der Waals surface area contributed by atoms with Crippen LogP contribution in [-0.4, -0.2) is 53.0 Å². The third-order valence-electron chi connectivity index (χ3n) is 3.81. The van der Waals surface area contributed by atoms with Crippen LogP contribution in [0.1, 0.15) is 53.9 Å². The third kappa shape index (κ3) is 4.63. The summed E-state index contributed by atoms with van der Waals surface area (Å²) in [6.07, 6.45) is 2.77. The lowest BCUT2D eigenvalue weighted by molar-refractivity contribution is -0.0692. The Morgan fingerprint density at radius 2 is 2.00 bits per heavy atom. The molecule has 1 atom stereocenters. The highest BCUT2D eigenvalue weighted by atomic mass is 16.5. The Labute approximate surface area is 122 Å². The zero-order chi connectivity index (χ0) is 15.4. The molecule has 0 spiro atoms. The summed E-state index contributed by atoms with van der Waals surface area (Å²) in [5.41, 5.74) is -0.582. The Hall–Kier alpha value is -0.810. The predicted octanol–water partition coefficient (Wildman–Crippen LogP) is 2.14. The van der Waals surface area contributed by atoms with Gasteiger partial charge < -0.3 is 20.1 Å². The van der Waals surface area contributed by atoms with Crippen molar-refractivity contribution in [3.63, 3.8) is 0 Å². The first kappa shape index (κ1) is 17.2. The zero-order valence-electron chi connectivity index (χ0n) is 13.5. The van der Waals surface area contributed by atoms with Crippen LogP contribution >= 0.6 is 0 Å². The number of amides is 2. The van der Waals surface area contributed by atoms with Crippen molar-refractivity contribution in [1.29, 1.82) is 0 Å². The smallest absolute Gasteiger partial charge is 0.317 e. The number of nitrogens with zero attached hydrogens (tertiary/aromatic N) is 1. The Morgan fingerprint density at radius 1 is 1.35 bits per heavy atom. The first-order valence-electron chi connectivity index (χ1n) is 7.58. The van der Waals surface area contributed by atoms with Gasteiger partial charge >= 0.3 is 6.03 Å². The van der Waals surface area contributed by atoms with Gasteiger partial charge in [-0.05, 0) is 40.5 Å². The molecule has 0 aliphatic carbocycles. The molecule has 0 aromatic heterocycles. The van der Waals surface area contributed by atoms with E-state index in [1.54, 1.807) is 4.90 Å². The van der Waals surface area contributed by atoms with Gasteiger partial charge in [0.15, 0.2) is 0 Å². The quantitative estimate of drug-likeness (QED) is 0.786. The minimum absolute atomic E-state index is 0.00665. The van der Waals surface area contributed by atoms with E-state index in [-0.39, 0.29) is 29.9 Å². The molecule has 5 heteroatoms. The SMILES string of the molecule is CCCCN(CCO)C(=O)NC1CC(C)(C)OC1(C)C. The summed E-state index contributed by atoms with van der Waals surface area (Å²) < 4.78 is 5.99. The maximum Gasteiger partial charge on any atom is 0.317 e. The lowest BCUT2D eigenvalue weighted by Gasteiger charge is -2.30. The van der Waals surface area contributed by atoms with Crippen LogP contribution in [0, 0.1) is 0 Å². The molecule has 1 rings (SSSR count). The monoisotopic (exact) mass is 286 g/mol. The lowest BCUT2D eigenvalue weighted by atomic mass is 9.94. The molecule has 118 valence electrons. The minimum atomic E-state index is -0.366. The van der Waals surface area contributed by atoms with E-state index in [9.17, 15) is 4.79 Å². The first-order chi connectivity index (χ1) is 9.22. The highest BCUT2D eigenvalue weighted by Crippen LogP contribution is 2.37. The van der Waals surface area contributed by atoms with Gasteiger partial charge in [0.05, 0.1) is 23.9 Å². The van der Waals surface area contributed by atoms with E-state index in [0.29, 0.717) is 13.1 Å². The van der Waals surface area contributed by atoms with Crippen molar-refractivity contribution in [2.24, 2.45) is 0 Å². The molecular weight excluding hydrogens is 256 g/mol. The van der Waals surface area contributed by atoms with Gasteiger partial charge in [0, 0.05) is 13.1 Å². The fourth-order valence-corrected chi connectivity index (χ4v) is 2.81. The number of urea groups is 1. The van der Waals surface area contributed by atoms with E-state index in [1.807, 2.05) is 27.7 Å². The molecule has 0 aromatic rings. The number of nitrogens with one attached hydrogen (secondary N) is 1. The van der Waals surface area contributed by atoms with Gasteiger partial charge in [-0.3, -0.25) is 0 Å². The Kier molecular flexibility index (Phi) is 5.83. The Balaban J connectivity index is 2.63. The van der Waals surface area contributed by atoms with E-state index >= 15 is 0 Å². The molecule has 1 heterocycles. The molecule has 2 N–H and O–H groups in total. The molecule has 1 saturated heterocycles. The summed E-state index contributed by atoms with van der Waals surface area (Å²) in [6, 6.07) is -0.111. The number of carbonyl (C=O) groups excluding carboxylic acids is 1. The van der Waals surface area contributed by atoms with Crippen molar-refractivity contribution < 1.29 is 14.6 Å². The molecular formula is C15H30N2O3. The number of hydrogen-bond donors (Lipinski definition) is 2. The molecule has 1 fully saturated rings. The second-order valence-corrected chi connectivity index (χ2v) is 6.74. The number of aliphatic hydroxyl groups is 1. The number of hydrogen-bond acceptors (Lipinski definition) is 3. The molecule has 0 aromatic carbocycles. The fraction of sp³-hybridized carbons (Fsp3) is 0.933. The van der Waals surface area contributed by atoms with Crippen LogP contribution in [0.25, 0.3) is 0 Å². The van der Waals surface area contributed by atoms with Gasteiger partial charge in [0.2, 0.25) is 0 Å². The van der Waals surface area contributed by atoms with E-state index in [1.165, 1.54) is 0 Å². The topological polar surface area (TPSA) is 61.8 Å². The van der Waals surface area contributed by atoms with Crippen molar-refractivity contribution in [1.82, 2.24) is 10.2 Å². The predicted molar refractivity (Wildman–Crippen MR) is 79.7 cm³/mol. The van der Waals surface area contributed by atoms with Crippen LogP contribution in [0.5, 0.6) is 0 Å². The molecule has 1 aliphatic rings. The van der Waals surface area contributed by atoms with Crippen molar-refractivity contribution in [2.45, 2.75) is 71.1 Å². The molecule has 0 bridgehead atoms. The van der Waals surface area contributed by atoms with Gasteiger partial charge in [0.1, 0.15) is 0 Å². The molecule has 0 radical (unpaired) electrons. The van der Waals surface area contributed by atoms with E-state index in [4.69, 9.17) is 9.84 Å². The van der Waals surface area contributed by atoms with Crippen molar-refractivity contribution in [3.05, 3.63) is 0 Å². The van der Waals surface area contributed by atoms with Crippen molar-refractivity contribution in [3.8, 4) is 0 Å². The summed E-state index contributed by atoms with van der Waals surface area (Å²) in [5.74, 6) is 0. The third-order valence-corrected chi connectivity index (χ3v) is 3.81. The minimum Gasteiger partial charge on any atom is -0.395 e. The van der Waals surface area contributed by atoms with Crippen LogP contribution in [0.2, 0.25) is 0 Å². The summed E-state index contributed by atoms with van der Waals surface area (Å²) in [7, 11) is 0. The molecule has 1 aliphatic heterocycles. The number of unbranched alkanes of at least 4 members (excludes halogenated alkanes) is 1. The molecule has 2 amide bonds. The average Bonchev–Trinajstić information content (AvgIpc) is 2.52. The molecule has 5 nitrogen and oxygen atoms in total. The maximum atomic E-state index is 12.3. The number of aliphatic hydroxyl groups excluding tert-OH is 1. The standard InChI is InChI=1S/C15H30N2O3/c1-6-7-8-17(9-10-18)13(19)16-12-11-14(2,3)20-15(12,4)5/h12,18H,6-11H2,1-5H3,(H,16,19). The van der Waals surface area contributed by atoms with E-state index in [2.05, 4.69) is 12.2 Å². The van der Waals surface area contributed by atoms with Gasteiger partial charge in [-0.1, -0.05) is 13.3 Å². The second kappa shape index (κ2) is 6.76. The summed E-state index contributed by atoms with van der Waals surface area (Å²) in [6.45, 7) is 11.2. The second-order valence-electron chi connectivity index (χ2n) is 6.74. The number of carbonyl (C=O) groups is 1. The number of rotatable bonds is 6. The number of ether oxygens (including phenoxy) is 1. The fourth-order valence-electron chi connectivity index (χ4n) is 2.81. The van der Waals surface area contributed by atoms with Crippen LogP contribution in [0.15, 0.2) is 0 Å². The van der Waals surface area contributed by atoms with Gasteiger partial charge in [-0.2, -0.15) is 0 Å². The van der Waals surface area contributed by atoms with Gasteiger partial charge in [-0.15, -0.1) is 0 Å². The summed E-state index contributed by atoms with van der Waals surface area (Å²) in [5, 5.41) is 12.2. The Morgan fingerprint density at radius 3 is 2.45 bits per heavy atom.